The van der Waals surface area contributed by atoms with Crippen molar-refractivity contribution in [3.05, 3.63) is 35.4 Å². The van der Waals surface area contributed by atoms with Crippen molar-refractivity contribution in [1.29, 1.82) is 0 Å². The van der Waals surface area contributed by atoms with E-state index in [9.17, 15) is 14.4 Å². The molecule has 0 spiro atoms. The van der Waals surface area contributed by atoms with Crippen molar-refractivity contribution in [3.8, 4) is 0 Å². The molecular formula is C19H31ClN4O3. The first-order valence-corrected chi connectivity index (χ1v) is 8.94. The van der Waals surface area contributed by atoms with Crippen LogP contribution in [0, 0.1) is 5.92 Å². The number of rotatable bonds is 9. The van der Waals surface area contributed by atoms with Gasteiger partial charge < -0.3 is 21.7 Å². The van der Waals surface area contributed by atoms with Crippen LogP contribution in [0.3, 0.4) is 0 Å². The first-order valence-electron chi connectivity index (χ1n) is 8.94. The van der Waals surface area contributed by atoms with Gasteiger partial charge in [-0.05, 0) is 37.0 Å². The van der Waals surface area contributed by atoms with E-state index in [0.29, 0.717) is 5.56 Å². The first kappa shape index (κ1) is 24.9. The van der Waals surface area contributed by atoms with Gasteiger partial charge in [-0.2, -0.15) is 0 Å². The smallest absolute Gasteiger partial charge is 0.251 e. The lowest BCUT2D eigenvalue weighted by Gasteiger charge is -2.15. The molecule has 0 aliphatic heterocycles. The van der Waals surface area contributed by atoms with Crippen LogP contribution >= 0.6 is 12.4 Å². The molecule has 0 radical (unpaired) electrons. The molecule has 1 aromatic rings. The largest absolute Gasteiger partial charge is 0.350 e. The summed E-state index contributed by atoms with van der Waals surface area (Å²) in [6, 6.07) is 6.54. The van der Waals surface area contributed by atoms with Gasteiger partial charge in [0.15, 0.2) is 0 Å². The zero-order chi connectivity index (χ0) is 19.7. The summed E-state index contributed by atoms with van der Waals surface area (Å²) in [4.78, 5) is 35.7. The first-order chi connectivity index (χ1) is 12.2. The predicted octanol–water partition coefficient (Wildman–Crippen LogP) is 1.35. The molecule has 1 unspecified atom stereocenters. The molecule has 3 amide bonds. The number of nitrogens with two attached hydrogens (primary N) is 1. The molecule has 8 heteroatoms. The highest BCUT2D eigenvalue weighted by Crippen LogP contribution is 2.06. The number of carbonyl (C=O) groups excluding carboxylic acids is 3. The molecule has 1 aromatic carbocycles. The Morgan fingerprint density at radius 1 is 1.11 bits per heavy atom. The summed E-state index contributed by atoms with van der Waals surface area (Å²) < 4.78 is 0. The summed E-state index contributed by atoms with van der Waals surface area (Å²) in [5.74, 6) is -0.799. The fourth-order valence-corrected chi connectivity index (χ4v) is 2.08. The number of amides is 3. The summed E-state index contributed by atoms with van der Waals surface area (Å²) in [6.45, 7) is 7.78. The van der Waals surface area contributed by atoms with E-state index < -0.39 is 6.04 Å². The average molecular weight is 399 g/mol. The van der Waals surface area contributed by atoms with E-state index in [1.54, 1.807) is 18.2 Å². The highest BCUT2D eigenvalue weighted by atomic mass is 35.5. The van der Waals surface area contributed by atoms with Crippen LogP contribution in [-0.2, 0) is 16.1 Å². The average Bonchev–Trinajstić information content (AvgIpc) is 2.63. The van der Waals surface area contributed by atoms with Gasteiger partial charge in [-0.3, -0.25) is 14.4 Å². The van der Waals surface area contributed by atoms with Crippen molar-refractivity contribution < 1.29 is 14.4 Å². The van der Waals surface area contributed by atoms with Gasteiger partial charge in [-0.15, -0.1) is 12.4 Å². The molecule has 27 heavy (non-hydrogen) atoms. The Morgan fingerprint density at radius 3 is 2.37 bits per heavy atom. The Labute approximate surface area is 167 Å². The molecule has 0 saturated heterocycles. The lowest BCUT2D eigenvalue weighted by Crippen LogP contribution is -2.47. The van der Waals surface area contributed by atoms with Gasteiger partial charge in [0.05, 0.1) is 12.6 Å². The van der Waals surface area contributed by atoms with Crippen LogP contribution in [0.1, 0.15) is 50.0 Å². The van der Waals surface area contributed by atoms with Crippen LogP contribution in [0.4, 0.5) is 0 Å². The van der Waals surface area contributed by atoms with E-state index in [0.717, 1.165) is 12.0 Å². The molecule has 7 nitrogen and oxygen atoms in total. The Hall–Kier alpha value is -2.12. The molecular weight excluding hydrogens is 368 g/mol. The number of halogens is 1. The van der Waals surface area contributed by atoms with Gasteiger partial charge in [0, 0.05) is 18.2 Å². The summed E-state index contributed by atoms with van der Waals surface area (Å²) in [5.41, 5.74) is 7.07. The molecule has 0 saturated carbocycles. The third kappa shape index (κ3) is 8.88. The number of carbonyl (C=O) groups is 3. The molecule has 152 valence electrons. The van der Waals surface area contributed by atoms with Gasteiger partial charge in [0.1, 0.15) is 0 Å². The monoisotopic (exact) mass is 398 g/mol. The Balaban J connectivity index is 0.00000676. The second kappa shape index (κ2) is 12.3. The normalized spacial score (nSPS) is 12.5. The molecule has 1 rings (SSSR count). The van der Waals surface area contributed by atoms with Crippen LogP contribution in [0.2, 0.25) is 0 Å². The molecule has 0 aliphatic rings. The Bertz CT molecular complexity index is 637. The van der Waals surface area contributed by atoms with Crippen LogP contribution in [0.15, 0.2) is 24.3 Å². The number of benzene rings is 1. The van der Waals surface area contributed by atoms with Crippen LogP contribution in [0.25, 0.3) is 0 Å². The molecule has 0 aromatic heterocycles. The molecule has 5 N–H and O–H groups in total. The van der Waals surface area contributed by atoms with Gasteiger partial charge in [0.25, 0.3) is 5.91 Å². The third-order valence-corrected chi connectivity index (χ3v) is 4.11. The summed E-state index contributed by atoms with van der Waals surface area (Å²) in [5, 5.41) is 8.14. The summed E-state index contributed by atoms with van der Waals surface area (Å²) in [6.07, 6.45) is 0.855. The minimum atomic E-state index is -0.636. The van der Waals surface area contributed by atoms with Gasteiger partial charge in [-0.1, -0.05) is 32.9 Å². The van der Waals surface area contributed by atoms with Crippen molar-refractivity contribution in [2.75, 3.05) is 6.54 Å². The van der Waals surface area contributed by atoms with E-state index in [1.165, 1.54) is 0 Å². The number of nitrogens with one attached hydrogen (secondary N) is 3. The lowest BCUT2D eigenvalue weighted by molar-refractivity contribution is -0.127. The fraction of sp³-hybridized carbons (Fsp3) is 0.526. The minimum Gasteiger partial charge on any atom is -0.350 e. The zero-order valence-electron chi connectivity index (χ0n) is 16.4. The maximum absolute atomic E-state index is 12.1. The van der Waals surface area contributed by atoms with Crippen molar-refractivity contribution >= 4 is 30.1 Å². The standard InChI is InChI=1S/C19H30N4O3.ClH/c1-5-13(4)23-18(25)15-8-6-7-14(9-15)10-21-16(24)11-22-19(26)17(20)12(2)3;/h6-9,12-13,17H,5,10-11,20H2,1-4H3,(H,21,24)(H,22,26)(H,23,25);1H/t13?,17-;/m0./s1. The van der Waals surface area contributed by atoms with Crippen molar-refractivity contribution in [1.82, 2.24) is 16.0 Å². The minimum absolute atomic E-state index is 0. The zero-order valence-corrected chi connectivity index (χ0v) is 17.2. The number of hydrogen-bond acceptors (Lipinski definition) is 4. The Kier molecular flexibility index (Phi) is 11.3. The van der Waals surface area contributed by atoms with Crippen molar-refractivity contribution in [2.24, 2.45) is 11.7 Å². The highest BCUT2D eigenvalue weighted by molar-refractivity contribution is 5.94. The summed E-state index contributed by atoms with van der Waals surface area (Å²) in [7, 11) is 0. The lowest BCUT2D eigenvalue weighted by atomic mass is 10.1. The quantitative estimate of drug-likeness (QED) is 0.502. The highest BCUT2D eigenvalue weighted by Gasteiger charge is 2.17. The molecule has 0 aliphatic carbocycles. The maximum atomic E-state index is 12.1. The van der Waals surface area contributed by atoms with Gasteiger partial charge >= 0.3 is 0 Å². The van der Waals surface area contributed by atoms with E-state index in [-0.39, 0.29) is 55.2 Å². The van der Waals surface area contributed by atoms with Gasteiger partial charge in [-0.25, -0.2) is 0 Å². The van der Waals surface area contributed by atoms with Crippen LogP contribution in [0.5, 0.6) is 0 Å². The van der Waals surface area contributed by atoms with E-state index in [1.807, 2.05) is 33.8 Å². The van der Waals surface area contributed by atoms with E-state index >= 15 is 0 Å². The van der Waals surface area contributed by atoms with Crippen LogP contribution in [-0.4, -0.2) is 36.3 Å². The summed E-state index contributed by atoms with van der Waals surface area (Å²) >= 11 is 0. The van der Waals surface area contributed by atoms with E-state index in [4.69, 9.17) is 5.73 Å². The molecule has 0 bridgehead atoms. The topological polar surface area (TPSA) is 113 Å². The molecule has 0 fully saturated rings. The van der Waals surface area contributed by atoms with Gasteiger partial charge in [0.2, 0.25) is 11.8 Å². The fourth-order valence-electron chi connectivity index (χ4n) is 2.08. The second-order valence-electron chi connectivity index (χ2n) is 6.75. The number of hydrogen-bond donors (Lipinski definition) is 4. The third-order valence-electron chi connectivity index (χ3n) is 4.11. The second-order valence-corrected chi connectivity index (χ2v) is 6.75. The SMILES string of the molecule is CCC(C)NC(=O)c1cccc(CNC(=O)CNC(=O)[C@@H](N)C(C)C)c1.Cl. The van der Waals surface area contributed by atoms with Crippen LogP contribution < -0.4 is 21.7 Å². The Morgan fingerprint density at radius 2 is 1.78 bits per heavy atom. The predicted molar refractivity (Wildman–Crippen MR) is 109 cm³/mol. The molecule has 2 atom stereocenters. The molecule has 0 heterocycles. The van der Waals surface area contributed by atoms with E-state index in [2.05, 4.69) is 16.0 Å². The maximum Gasteiger partial charge on any atom is 0.251 e. The van der Waals surface area contributed by atoms with Crippen molar-refractivity contribution in [3.63, 3.8) is 0 Å². The van der Waals surface area contributed by atoms with Crippen molar-refractivity contribution in [2.45, 2.75) is 52.7 Å².